The summed E-state index contributed by atoms with van der Waals surface area (Å²) in [5, 5.41) is 24.2. The molecule has 0 saturated carbocycles. The Bertz CT molecular complexity index is 987. The highest BCUT2D eigenvalue weighted by Crippen LogP contribution is 2.43. The molecular formula is C51H103N2O7P. The van der Waals surface area contributed by atoms with E-state index in [1.165, 1.54) is 205 Å². The average molecular weight is 887 g/mol. The smallest absolute Gasteiger partial charge is 0.393 e. The van der Waals surface area contributed by atoms with Crippen LogP contribution in [0.5, 0.6) is 0 Å². The third-order valence-electron chi connectivity index (χ3n) is 12.2. The minimum atomic E-state index is -4.40. The lowest BCUT2D eigenvalue weighted by atomic mass is 10.0. The van der Waals surface area contributed by atoms with Gasteiger partial charge in [0, 0.05) is 6.54 Å². The van der Waals surface area contributed by atoms with Crippen molar-refractivity contribution in [3.05, 3.63) is 12.2 Å². The summed E-state index contributed by atoms with van der Waals surface area (Å²) in [5.41, 5.74) is 5.39. The first-order chi connectivity index (χ1) is 29.8. The van der Waals surface area contributed by atoms with E-state index in [2.05, 4.69) is 19.2 Å². The molecule has 61 heavy (non-hydrogen) atoms. The minimum absolute atomic E-state index is 0.0519. The van der Waals surface area contributed by atoms with Gasteiger partial charge in [-0.2, -0.15) is 0 Å². The van der Waals surface area contributed by atoms with Crippen LogP contribution in [0.4, 0.5) is 0 Å². The lowest BCUT2D eigenvalue weighted by Gasteiger charge is -2.24. The van der Waals surface area contributed by atoms with Crippen LogP contribution in [-0.4, -0.2) is 59.0 Å². The predicted molar refractivity (Wildman–Crippen MR) is 260 cm³/mol. The SMILES string of the molecule is CCCCCCCCCCCCCCCCCCCCC/C=C/C(O)C(COP(=O)(O)OCCN)NC(=O)CC(O)CCCCCCCCCCCCCCCCCCCC. The van der Waals surface area contributed by atoms with Crippen molar-refractivity contribution in [2.75, 3.05) is 19.8 Å². The summed E-state index contributed by atoms with van der Waals surface area (Å²) in [7, 11) is -4.40. The van der Waals surface area contributed by atoms with Crippen LogP contribution in [0, 0.1) is 0 Å². The maximum Gasteiger partial charge on any atom is 0.472 e. The molecule has 4 unspecified atom stereocenters. The van der Waals surface area contributed by atoms with Gasteiger partial charge < -0.3 is 26.2 Å². The minimum Gasteiger partial charge on any atom is -0.393 e. The van der Waals surface area contributed by atoms with Crippen LogP contribution in [-0.2, 0) is 18.4 Å². The lowest BCUT2D eigenvalue weighted by molar-refractivity contribution is -0.124. The van der Waals surface area contributed by atoms with E-state index in [1.54, 1.807) is 6.08 Å². The van der Waals surface area contributed by atoms with Crippen molar-refractivity contribution < 1.29 is 33.5 Å². The van der Waals surface area contributed by atoms with E-state index in [1.807, 2.05) is 6.08 Å². The highest BCUT2D eigenvalue weighted by molar-refractivity contribution is 7.47. The summed E-state index contributed by atoms with van der Waals surface area (Å²) < 4.78 is 22.2. The second kappa shape index (κ2) is 47.2. The summed E-state index contributed by atoms with van der Waals surface area (Å²) in [6.07, 6.45) is 51.6. The zero-order chi connectivity index (χ0) is 44.8. The first-order valence-corrected chi connectivity index (χ1v) is 27.9. The van der Waals surface area contributed by atoms with Gasteiger partial charge in [0.2, 0.25) is 5.91 Å². The van der Waals surface area contributed by atoms with Crippen LogP contribution in [0.2, 0.25) is 0 Å². The fourth-order valence-electron chi connectivity index (χ4n) is 8.18. The van der Waals surface area contributed by atoms with Crippen molar-refractivity contribution in [3.63, 3.8) is 0 Å². The van der Waals surface area contributed by atoms with Gasteiger partial charge in [-0.05, 0) is 19.3 Å². The maximum absolute atomic E-state index is 12.9. The van der Waals surface area contributed by atoms with Crippen LogP contribution in [0.3, 0.4) is 0 Å². The molecule has 9 nitrogen and oxygen atoms in total. The molecule has 0 rings (SSSR count). The molecule has 10 heteroatoms. The number of phosphoric ester groups is 1. The number of nitrogens with one attached hydrogen (secondary N) is 1. The standard InChI is InChI=1S/C51H103N2O7P/c1-3-5-7-9-11-13-15-17-19-21-23-24-25-27-29-31-33-35-37-39-41-43-50(55)49(47-60-61(57,58)59-45-44-52)53-51(56)46-48(54)42-40-38-36-34-32-30-28-26-22-20-18-16-14-12-10-8-6-4-2/h41,43,48-50,54-55H,3-40,42,44-47,52H2,1-2H3,(H,53,56)(H,57,58)/b43-41+. The topological polar surface area (TPSA) is 151 Å². The highest BCUT2D eigenvalue weighted by atomic mass is 31.2. The van der Waals surface area contributed by atoms with Gasteiger partial charge in [0.25, 0.3) is 0 Å². The quantitative estimate of drug-likeness (QED) is 0.0230. The van der Waals surface area contributed by atoms with Crippen LogP contribution >= 0.6 is 7.82 Å². The number of unbranched alkanes of at least 4 members (excludes halogenated alkanes) is 36. The molecule has 0 aliphatic carbocycles. The number of aliphatic hydroxyl groups is 2. The number of hydrogen-bond donors (Lipinski definition) is 5. The zero-order valence-corrected chi connectivity index (χ0v) is 41.2. The van der Waals surface area contributed by atoms with Crippen molar-refractivity contribution in [1.29, 1.82) is 0 Å². The van der Waals surface area contributed by atoms with Crippen LogP contribution in [0.1, 0.15) is 271 Å². The van der Waals surface area contributed by atoms with E-state index in [4.69, 9.17) is 14.8 Å². The van der Waals surface area contributed by atoms with Gasteiger partial charge in [-0.25, -0.2) is 4.57 Å². The van der Waals surface area contributed by atoms with Gasteiger partial charge >= 0.3 is 7.82 Å². The number of aliphatic hydroxyl groups excluding tert-OH is 2. The van der Waals surface area contributed by atoms with E-state index in [0.717, 1.165) is 38.5 Å². The summed E-state index contributed by atoms with van der Waals surface area (Å²) >= 11 is 0. The first-order valence-electron chi connectivity index (χ1n) is 26.4. The van der Waals surface area contributed by atoms with E-state index in [9.17, 15) is 24.5 Å². The largest absolute Gasteiger partial charge is 0.472 e. The number of nitrogens with two attached hydrogens (primary N) is 1. The fourth-order valence-corrected chi connectivity index (χ4v) is 8.94. The molecule has 0 aromatic rings. The van der Waals surface area contributed by atoms with Crippen LogP contribution in [0.25, 0.3) is 0 Å². The number of hydrogen-bond acceptors (Lipinski definition) is 7. The number of phosphoric acid groups is 1. The average Bonchev–Trinajstić information content (AvgIpc) is 3.24. The Morgan fingerprint density at radius 1 is 0.557 bits per heavy atom. The molecule has 0 heterocycles. The van der Waals surface area contributed by atoms with Crippen LogP contribution < -0.4 is 11.1 Å². The number of carbonyl (C=O) groups is 1. The second-order valence-corrected chi connectivity index (χ2v) is 19.7. The second-order valence-electron chi connectivity index (χ2n) is 18.3. The lowest BCUT2D eigenvalue weighted by Crippen LogP contribution is -2.46. The molecule has 0 fully saturated rings. The Morgan fingerprint density at radius 3 is 1.26 bits per heavy atom. The van der Waals surface area contributed by atoms with E-state index in [-0.39, 0.29) is 19.6 Å². The monoisotopic (exact) mass is 887 g/mol. The highest BCUT2D eigenvalue weighted by Gasteiger charge is 2.27. The Labute approximate surface area is 378 Å². The molecule has 0 aliphatic heterocycles. The zero-order valence-electron chi connectivity index (χ0n) is 40.3. The number of rotatable bonds is 50. The Balaban J connectivity index is 4.15. The first kappa shape index (κ1) is 60.2. The van der Waals surface area contributed by atoms with Gasteiger partial charge in [0.05, 0.1) is 37.9 Å². The Hall–Kier alpha value is -0.800. The van der Waals surface area contributed by atoms with E-state index >= 15 is 0 Å². The normalized spacial score (nSPS) is 14.4. The predicted octanol–water partition coefficient (Wildman–Crippen LogP) is 14.5. The molecule has 0 aromatic heterocycles. The molecule has 0 bridgehead atoms. The molecule has 0 aliphatic rings. The summed E-state index contributed by atoms with van der Waals surface area (Å²) in [5.74, 6) is -0.439. The van der Waals surface area contributed by atoms with E-state index in [0.29, 0.717) is 6.42 Å². The van der Waals surface area contributed by atoms with Gasteiger partial charge in [0.15, 0.2) is 0 Å². The maximum atomic E-state index is 12.9. The summed E-state index contributed by atoms with van der Waals surface area (Å²) in [4.78, 5) is 22.9. The fraction of sp³-hybridized carbons (Fsp3) is 0.941. The molecule has 0 radical (unpaired) electrons. The van der Waals surface area contributed by atoms with Crippen molar-refractivity contribution in [2.45, 2.75) is 289 Å². The Kier molecular flexibility index (Phi) is 46.6. The molecular weight excluding hydrogens is 784 g/mol. The summed E-state index contributed by atoms with van der Waals surface area (Å²) in [6.45, 7) is 4.02. The number of carbonyl (C=O) groups excluding carboxylic acids is 1. The molecule has 0 aromatic carbocycles. The molecule has 0 saturated heterocycles. The molecule has 1 amide bonds. The molecule has 364 valence electrons. The van der Waals surface area contributed by atoms with Crippen molar-refractivity contribution >= 4 is 13.7 Å². The van der Waals surface area contributed by atoms with Gasteiger partial charge in [0.1, 0.15) is 0 Å². The van der Waals surface area contributed by atoms with Gasteiger partial charge in [-0.3, -0.25) is 13.8 Å². The van der Waals surface area contributed by atoms with Gasteiger partial charge in [-0.1, -0.05) is 257 Å². The number of amides is 1. The molecule has 6 N–H and O–H groups in total. The van der Waals surface area contributed by atoms with Crippen molar-refractivity contribution in [3.8, 4) is 0 Å². The number of allylic oxidation sites excluding steroid dienone is 1. The van der Waals surface area contributed by atoms with E-state index < -0.39 is 38.6 Å². The van der Waals surface area contributed by atoms with Crippen molar-refractivity contribution in [1.82, 2.24) is 5.32 Å². The molecule has 4 atom stereocenters. The van der Waals surface area contributed by atoms with Crippen LogP contribution in [0.15, 0.2) is 12.2 Å². The summed E-state index contributed by atoms with van der Waals surface area (Å²) in [6, 6.07) is -0.979. The molecule has 0 spiro atoms. The third-order valence-corrected chi connectivity index (χ3v) is 13.2. The third kappa shape index (κ3) is 45.6. The Morgan fingerprint density at radius 2 is 0.902 bits per heavy atom. The van der Waals surface area contributed by atoms with Gasteiger partial charge in [-0.15, -0.1) is 0 Å². The van der Waals surface area contributed by atoms with Crippen molar-refractivity contribution in [2.24, 2.45) is 5.73 Å².